The molecule has 0 saturated heterocycles. The predicted molar refractivity (Wildman–Crippen MR) is 121 cm³/mol. The fourth-order valence-corrected chi connectivity index (χ4v) is 4.75. The van der Waals surface area contributed by atoms with Gasteiger partial charge in [-0.15, -0.1) is 0 Å². The van der Waals surface area contributed by atoms with E-state index in [2.05, 4.69) is 5.10 Å². The van der Waals surface area contributed by atoms with Gasteiger partial charge in [0.1, 0.15) is 0 Å². The van der Waals surface area contributed by atoms with Gasteiger partial charge in [0.2, 0.25) is 0 Å². The third-order valence-electron chi connectivity index (χ3n) is 6.32. The van der Waals surface area contributed by atoms with Crippen LogP contribution in [0.15, 0.2) is 77.4 Å². The van der Waals surface area contributed by atoms with E-state index in [0.29, 0.717) is 11.8 Å². The van der Waals surface area contributed by atoms with Crippen LogP contribution in [-0.2, 0) is 0 Å². The Morgan fingerprint density at radius 1 is 0.912 bits per heavy atom. The van der Waals surface area contributed by atoms with Crippen LogP contribution in [0.25, 0.3) is 6.08 Å². The maximum absolute atomic E-state index is 14.5. The molecule has 0 N–H and O–H groups in total. The molecule has 1 heterocycles. The van der Waals surface area contributed by atoms with Gasteiger partial charge in [-0.3, -0.25) is 4.79 Å². The van der Waals surface area contributed by atoms with Crippen molar-refractivity contribution in [1.29, 1.82) is 0 Å². The van der Waals surface area contributed by atoms with Crippen molar-refractivity contribution >= 4 is 17.7 Å². The van der Waals surface area contributed by atoms with E-state index in [4.69, 9.17) is 0 Å². The molecule has 1 fully saturated rings. The average Bonchev–Trinajstić information content (AvgIpc) is 3.26. The second-order valence-electron chi connectivity index (χ2n) is 8.42. The van der Waals surface area contributed by atoms with Crippen LogP contribution in [0.5, 0.6) is 0 Å². The average molecular weight is 464 g/mol. The van der Waals surface area contributed by atoms with Gasteiger partial charge in [-0.05, 0) is 48.1 Å². The first-order chi connectivity index (χ1) is 16.5. The van der Waals surface area contributed by atoms with E-state index in [1.165, 1.54) is 0 Å². The van der Waals surface area contributed by atoms with E-state index in [0.717, 1.165) is 41.0 Å². The molecule has 1 aliphatic carbocycles. The zero-order valence-electron chi connectivity index (χ0n) is 18.0. The van der Waals surface area contributed by atoms with Gasteiger partial charge in [0.15, 0.2) is 23.3 Å². The summed E-state index contributed by atoms with van der Waals surface area (Å²) >= 11 is 0. The van der Waals surface area contributed by atoms with Crippen LogP contribution in [-0.4, -0.2) is 16.6 Å². The van der Waals surface area contributed by atoms with Crippen LogP contribution in [0.1, 0.15) is 46.8 Å². The highest BCUT2D eigenvalue weighted by atomic mass is 19.2. The first-order valence-electron chi connectivity index (χ1n) is 11.0. The highest BCUT2D eigenvalue weighted by Crippen LogP contribution is 2.45. The molecule has 2 atom stereocenters. The van der Waals surface area contributed by atoms with Gasteiger partial charge in [0.05, 0.1) is 17.3 Å². The molecule has 1 amide bonds. The Morgan fingerprint density at radius 2 is 1.59 bits per heavy atom. The summed E-state index contributed by atoms with van der Waals surface area (Å²) in [4.78, 5) is 13.4. The van der Waals surface area contributed by atoms with Gasteiger partial charge in [-0.2, -0.15) is 5.10 Å². The van der Waals surface area contributed by atoms with Crippen molar-refractivity contribution in [2.24, 2.45) is 11.0 Å². The number of carbonyl (C=O) groups is 1. The molecular weight excluding hydrogens is 444 g/mol. The number of rotatable bonds is 3. The van der Waals surface area contributed by atoms with Crippen LogP contribution < -0.4 is 0 Å². The molecule has 0 radical (unpaired) electrons. The maximum Gasteiger partial charge on any atom is 0.277 e. The molecule has 3 aromatic rings. The summed E-state index contributed by atoms with van der Waals surface area (Å²) in [6.07, 6.45) is 4.37. The summed E-state index contributed by atoms with van der Waals surface area (Å²) in [6, 6.07) is 18.6. The van der Waals surface area contributed by atoms with Crippen LogP contribution in [0.4, 0.5) is 17.6 Å². The molecule has 0 unspecified atom stereocenters. The number of hydrazone groups is 1. The lowest BCUT2D eigenvalue weighted by molar-refractivity contribution is 0.0673. The second kappa shape index (κ2) is 8.89. The SMILES string of the molecule is O=C(c1cc(F)c(F)c(F)c1F)N1N=C2/C(=C\c3ccccc3)CCC[C@@H]2[C@@H]1c1ccccc1. The zero-order chi connectivity index (χ0) is 23.8. The lowest BCUT2D eigenvalue weighted by atomic mass is 9.77. The standard InChI is InChI=1S/C27H20F4N2O/c28-21-15-20(22(29)24(31)23(21)30)27(34)33-26(17-10-5-2-6-11-17)19-13-7-12-18(25(19)32-33)14-16-8-3-1-4-9-16/h1-6,8-11,14-15,19,26H,7,12-13H2/b18-14-/t19-,26-/m0/s1. The highest BCUT2D eigenvalue weighted by molar-refractivity contribution is 6.09. The Morgan fingerprint density at radius 3 is 2.29 bits per heavy atom. The Hall–Kier alpha value is -3.74. The predicted octanol–water partition coefficient (Wildman–Crippen LogP) is 6.68. The third kappa shape index (κ3) is 3.81. The molecule has 5 rings (SSSR count). The number of amides is 1. The van der Waals surface area contributed by atoms with Crippen LogP contribution in [0.2, 0.25) is 0 Å². The molecule has 172 valence electrons. The van der Waals surface area contributed by atoms with Gasteiger partial charge in [-0.25, -0.2) is 22.6 Å². The number of halogens is 4. The molecule has 34 heavy (non-hydrogen) atoms. The monoisotopic (exact) mass is 464 g/mol. The molecule has 3 aromatic carbocycles. The Kier molecular flexibility index (Phi) is 5.77. The van der Waals surface area contributed by atoms with E-state index < -0.39 is 40.8 Å². The lowest BCUT2D eigenvalue weighted by Gasteiger charge is -2.29. The number of allylic oxidation sites excluding steroid dienone is 1. The van der Waals surface area contributed by atoms with Gasteiger partial charge >= 0.3 is 0 Å². The van der Waals surface area contributed by atoms with Crippen LogP contribution in [0, 0.1) is 29.2 Å². The molecule has 7 heteroatoms. The molecule has 1 aliphatic heterocycles. The quantitative estimate of drug-likeness (QED) is 0.242. The van der Waals surface area contributed by atoms with E-state index in [-0.39, 0.29) is 5.92 Å². The molecule has 0 spiro atoms. The van der Waals surface area contributed by atoms with E-state index in [9.17, 15) is 22.4 Å². The maximum atomic E-state index is 14.5. The van der Waals surface area contributed by atoms with Crippen LogP contribution in [0.3, 0.4) is 0 Å². The van der Waals surface area contributed by atoms with Gasteiger partial charge in [0.25, 0.3) is 5.91 Å². The molecular formula is C27H20F4N2O. The molecule has 1 saturated carbocycles. The topological polar surface area (TPSA) is 32.7 Å². The molecule has 0 aromatic heterocycles. The minimum atomic E-state index is -2.02. The summed E-state index contributed by atoms with van der Waals surface area (Å²) in [7, 11) is 0. The minimum Gasteiger partial charge on any atom is -0.267 e. The number of benzene rings is 3. The number of hydrogen-bond donors (Lipinski definition) is 0. The molecule has 3 nitrogen and oxygen atoms in total. The highest BCUT2D eigenvalue weighted by Gasteiger charge is 2.44. The minimum absolute atomic E-state index is 0.173. The van der Waals surface area contributed by atoms with E-state index in [1.807, 2.05) is 66.7 Å². The largest absolute Gasteiger partial charge is 0.277 e. The molecule has 0 bridgehead atoms. The molecule has 2 aliphatic rings. The lowest BCUT2D eigenvalue weighted by Crippen LogP contribution is -2.32. The Bertz CT molecular complexity index is 1310. The van der Waals surface area contributed by atoms with E-state index >= 15 is 0 Å². The van der Waals surface area contributed by atoms with Gasteiger partial charge < -0.3 is 0 Å². The Labute approximate surface area is 194 Å². The fraction of sp³-hybridized carbons (Fsp3) is 0.185. The first kappa shape index (κ1) is 22.1. The first-order valence-corrected chi connectivity index (χ1v) is 11.0. The van der Waals surface area contributed by atoms with Gasteiger partial charge in [0, 0.05) is 5.92 Å². The fourth-order valence-electron chi connectivity index (χ4n) is 4.75. The van der Waals surface area contributed by atoms with Crippen molar-refractivity contribution in [3.8, 4) is 0 Å². The van der Waals surface area contributed by atoms with Crippen LogP contribution >= 0.6 is 0 Å². The zero-order valence-corrected chi connectivity index (χ0v) is 18.0. The number of carbonyl (C=O) groups excluding carboxylic acids is 1. The van der Waals surface area contributed by atoms with Crippen molar-refractivity contribution in [3.63, 3.8) is 0 Å². The summed E-state index contributed by atoms with van der Waals surface area (Å²) in [5, 5.41) is 5.66. The summed E-state index contributed by atoms with van der Waals surface area (Å²) in [6.45, 7) is 0. The third-order valence-corrected chi connectivity index (χ3v) is 6.32. The normalized spacial score (nSPS) is 20.9. The van der Waals surface area contributed by atoms with Crippen molar-refractivity contribution in [2.45, 2.75) is 25.3 Å². The second-order valence-corrected chi connectivity index (χ2v) is 8.42. The number of hydrogen-bond acceptors (Lipinski definition) is 2. The Balaban J connectivity index is 1.62. The summed E-state index contributed by atoms with van der Waals surface area (Å²) in [5.41, 5.74) is 2.50. The smallest absolute Gasteiger partial charge is 0.267 e. The van der Waals surface area contributed by atoms with Gasteiger partial charge in [-0.1, -0.05) is 60.7 Å². The number of fused-ring (bicyclic) bond motifs is 1. The summed E-state index contributed by atoms with van der Waals surface area (Å²) in [5.74, 6) is -8.53. The number of nitrogens with zero attached hydrogens (tertiary/aromatic N) is 2. The van der Waals surface area contributed by atoms with Crippen molar-refractivity contribution in [1.82, 2.24) is 5.01 Å². The summed E-state index contributed by atoms with van der Waals surface area (Å²) < 4.78 is 55.8. The van der Waals surface area contributed by atoms with Crippen molar-refractivity contribution < 1.29 is 22.4 Å². The van der Waals surface area contributed by atoms with Crippen molar-refractivity contribution in [2.75, 3.05) is 0 Å². The van der Waals surface area contributed by atoms with Crippen molar-refractivity contribution in [3.05, 3.63) is 112 Å². The van der Waals surface area contributed by atoms with E-state index in [1.54, 1.807) is 0 Å².